The Labute approximate surface area is 281 Å². The fraction of sp³-hybridized carbons (Fsp3) is 0.343. The first-order valence-electron chi connectivity index (χ1n) is 15.5. The highest BCUT2D eigenvalue weighted by Crippen LogP contribution is 2.37. The average molecular weight is 679 g/mol. The molecule has 2 amide bonds. The number of aliphatic imine (C=N–C) groups is 2. The summed E-state index contributed by atoms with van der Waals surface area (Å²) in [6.45, 7) is 10.2. The SMILES string of the molecule is COc1ccc(C(C)C)c(N2C(=NC(=O)N=C(C)C(C)c3ccc(-c4ncn(-c5ccc(OC(F)(F)F)cc5)n4)cc3)SCCC2C)c1. The molecule has 2 heterocycles. The Hall–Kier alpha value is -4.65. The number of anilines is 1. The maximum absolute atomic E-state index is 13.2. The van der Waals surface area contributed by atoms with E-state index < -0.39 is 12.4 Å². The molecule has 4 aromatic rings. The molecule has 48 heavy (non-hydrogen) atoms. The van der Waals surface area contributed by atoms with Gasteiger partial charge in [0.15, 0.2) is 11.0 Å². The number of alkyl halides is 3. The molecule has 0 spiro atoms. The van der Waals surface area contributed by atoms with E-state index in [0.717, 1.165) is 40.3 Å². The molecule has 1 aliphatic rings. The van der Waals surface area contributed by atoms with E-state index in [1.54, 1.807) is 18.9 Å². The van der Waals surface area contributed by atoms with Crippen LogP contribution in [0.2, 0.25) is 0 Å². The van der Waals surface area contributed by atoms with Crippen LogP contribution in [0.5, 0.6) is 11.5 Å². The van der Waals surface area contributed by atoms with Crippen molar-refractivity contribution in [1.82, 2.24) is 14.8 Å². The minimum atomic E-state index is -4.76. The van der Waals surface area contributed by atoms with Crippen LogP contribution in [0.4, 0.5) is 23.7 Å². The molecule has 1 aromatic heterocycles. The molecular formula is C35H37F3N6O3S. The molecule has 0 saturated carbocycles. The molecule has 13 heteroatoms. The van der Waals surface area contributed by atoms with Crippen LogP contribution in [-0.2, 0) is 0 Å². The summed E-state index contributed by atoms with van der Waals surface area (Å²) in [6, 6.07) is 18.6. The molecule has 1 saturated heterocycles. The van der Waals surface area contributed by atoms with Gasteiger partial charge in [0.05, 0.1) is 18.5 Å². The van der Waals surface area contributed by atoms with Crippen molar-refractivity contribution in [3.8, 4) is 28.6 Å². The molecule has 0 aliphatic carbocycles. The smallest absolute Gasteiger partial charge is 0.497 e. The second-order valence-corrected chi connectivity index (χ2v) is 12.8. The highest BCUT2D eigenvalue weighted by molar-refractivity contribution is 8.14. The van der Waals surface area contributed by atoms with Gasteiger partial charge in [-0.05, 0) is 67.6 Å². The summed E-state index contributed by atoms with van der Waals surface area (Å²) < 4.78 is 48.3. The van der Waals surface area contributed by atoms with Gasteiger partial charge in [-0.3, -0.25) is 0 Å². The van der Waals surface area contributed by atoms with Crippen LogP contribution in [-0.4, -0.2) is 56.9 Å². The van der Waals surface area contributed by atoms with E-state index >= 15 is 0 Å². The molecule has 252 valence electrons. The number of carbonyl (C=O) groups is 1. The van der Waals surface area contributed by atoms with E-state index in [-0.39, 0.29) is 23.6 Å². The number of hydrogen-bond acceptors (Lipinski definition) is 6. The Morgan fingerprint density at radius 2 is 1.71 bits per heavy atom. The molecule has 1 fully saturated rings. The van der Waals surface area contributed by atoms with Gasteiger partial charge < -0.3 is 14.4 Å². The minimum absolute atomic E-state index is 0.143. The Morgan fingerprint density at radius 3 is 2.35 bits per heavy atom. The highest BCUT2D eigenvalue weighted by atomic mass is 32.2. The molecule has 3 aromatic carbocycles. The Bertz CT molecular complexity index is 1800. The number of hydrogen-bond donors (Lipinski definition) is 0. The van der Waals surface area contributed by atoms with Crippen LogP contribution < -0.4 is 14.4 Å². The number of rotatable bonds is 8. The largest absolute Gasteiger partial charge is 0.573 e. The standard InChI is InChI=1S/C35H37F3N6O3S/c1-21(2)30-16-15-29(46-6)19-31(30)44-22(3)17-18-48-34(44)41-33(45)40-24(5)23(4)25-7-9-26(10-8-25)32-39-20-43(42-32)27-11-13-28(14-12-27)47-35(36,37)38/h7-16,19-23H,17-18H2,1-6H3. The lowest BCUT2D eigenvalue weighted by molar-refractivity contribution is -0.274. The second-order valence-electron chi connectivity index (χ2n) is 11.8. The normalized spacial score (nSPS) is 17.1. The van der Waals surface area contributed by atoms with Crippen LogP contribution in [0.3, 0.4) is 0 Å². The summed E-state index contributed by atoms with van der Waals surface area (Å²) in [5, 5.41) is 5.09. The Kier molecular flexibility index (Phi) is 10.6. The molecule has 9 nitrogen and oxygen atoms in total. The monoisotopic (exact) mass is 678 g/mol. The quantitative estimate of drug-likeness (QED) is 0.172. The first-order chi connectivity index (χ1) is 22.8. The zero-order valence-electron chi connectivity index (χ0n) is 27.5. The molecule has 0 radical (unpaired) electrons. The van der Waals surface area contributed by atoms with Crippen molar-refractivity contribution in [2.45, 2.75) is 65.3 Å². The third-order valence-electron chi connectivity index (χ3n) is 8.12. The molecule has 2 atom stereocenters. The highest BCUT2D eigenvalue weighted by Gasteiger charge is 2.31. The minimum Gasteiger partial charge on any atom is -0.497 e. The van der Waals surface area contributed by atoms with E-state index in [1.165, 1.54) is 35.3 Å². The number of carbonyl (C=O) groups excluding carboxylic acids is 1. The maximum Gasteiger partial charge on any atom is 0.573 e. The zero-order valence-corrected chi connectivity index (χ0v) is 28.3. The molecular weight excluding hydrogens is 641 g/mol. The van der Waals surface area contributed by atoms with Gasteiger partial charge in [-0.2, -0.15) is 4.99 Å². The van der Waals surface area contributed by atoms with Crippen molar-refractivity contribution in [3.05, 3.63) is 84.2 Å². The number of ether oxygens (including phenoxy) is 2. The molecule has 5 rings (SSSR count). The van der Waals surface area contributed by atoms with Crippen LogP contribution >= 0.6 is 11.8 Å². The molecule has 1 aliphatic heterocycles. The van der Waals surface area contributed by atoms with Crippen LogP contribution in [0.25, 0.3) is 17.1 Å². The zero-order chi connectivity index (χ0) is 34.6. The van der Waals surface area contributed by atoms with Gasteiger partial charge in [0.25, 0.3) is 0 Å². The number of halogens is 3. The number of nitrogens with zero attached hydrogens (tertiary/aromatic N) is 6. The van der Waals surface area contributed by atoms with Crippen LogP contribution in [0.15, 0.2) is 83.0 Å². The van der Waals surface area contributed by atoms with Crippen LogP contribution in [0, 0.1) is 0 Å². The van der Waals surface area contributed by atoms with Gasteiger partial charge >= 0.3 is 12.4 Å². The van der Waals surface area contributed by atoms with E-state index in [0.29, 0.717) is 22.4 Å². The lowest BCUT2D eigenvalue weighted by Crippen LogP contribution is -2.42. The van der Waals surface area contributed by atoms with Gasteiger partial charge in [0.1, 0.15) is 17.8 Å². The summed E-state index contributed by atoms with van der Waals surface area (Å²) in [7, 11) is 1.64. The van der Waals surface area contributed by atoms with Gasteiger partial charge in [-0.25, -0.2) is 19.5 Å². The molecule has 0 bridgehead atoms. The van der Waals surface area contributed by atoms with Crippen LogP contribution in [0.1, 0.15) is 64.0 Å². The number of benzene rings is 3. The second kappa shape index (κ2) is 14.6. The fourth-order valence-corrected chi connectivity index (χ4v) is 6.52. The first kappa shape index (κ1) is 34.7. The van der Waals surface area contributed by atoms with E-state index in [2.05, 4.69) is 56.5 Å². The fourth-order valence-electron chi connectivity index (χ4n) is 5.32. The Morgan fingerprint density at radius 1 is 1.02 bits per heavy atom. The topological polar surface area (TPSA) is 94.2 Å². The number of urea groups is 1. The van der Waals surface area contributed by atoms with Crippen molar-refractivity contribution in [2.24, 2.45) is 9.98 Å². The van der Waals surface area contributed by atoms with Gasteiger partial charge in [-0.15, -0.1) is 18.3 Å². The van der Waals surface area contributed by atoms with E-state index in [1.807, 2.05) is 50.2 Å². The molecule has 0 N–H and O–H groups in total. The lowest BCUT2D eigenvalue weighted by atomic mass is 9.96. The predicted octanol–water partition coefficient (Wildman–Crippen LogP) is 9.04. The predicted molar refractivity (Wildman–Crippen MR) is 184 cm³/mol. The van der Waals surface area contributed by atoms with E-state index in [9.17, 15) is 18.0 Å². The summed E-state index contributed by atoms with van der Waals surface area (Å²) in [5.74, 6) is 1.83. The first-order valence-corrected chi connectivity index (χ1v) is 16.5. The number of amidine groups is 1. The number of thioether (sulfide) groups is 1. The Balaban J connectivity index is 1.30. The van der Waals surface area contributed by atoms with Crippen molar-refractivity contribution in [1.29, 1.82) is 0 Å². The third-order valence-corrected chi connectivity index (χ3v) is 9.10. The average Bonchev–Trinajstić information content (AvgIpc) is 3.54. The molecule has 2 unspecified atom stereocenters. The van der Waals surface area contributed by atoms with Crippen molar-refractivity contribution >= 4 is 34.4 Å². The summed E-state index contributed by atoms with van der Waals surface area (Å²) in [6.07, 6.45) is -2.32. The van der Waals surface area contributed by atoms with Crippen molar-refractivity contribution in [3.63, 3.8) is 0 Å². The summed E-state index contributed by atoms with van der Waals surface area (Å²) in [4.78, 5) is 28.5. The van der Waals surface area contributed by atoms with Gasteiger partial charge in [0.2, 0.25) is 0 Å². The maximum atomic E-state index is 13.2. The lowest BCUT2D eigenvalue weighted by Gasteiger charge is -2.37. The van der Waals surface area contributed by atoms with Gasteiger partial charge in [0, 0.05) is 35.1 Å². The van der Waals surface area contributed by atoms with E-state index in [4.69, 9.17) is 4.74 Å². The van der Waals surface area contributed by atoms with Crippen molar-refractivity contribution < 1.29 is 27.4 Å². The number of aromatic nitrogens is 3. The number of amides is 2. The summed E-state index contributed by atoms with van der Waals surface area (Å²) in [5.41, 5.74) is 4.99. The third kappa shape index (κ3) is 8.25. The van der Waals surface area contributed by atoms with Crippen molar-refractivity contribution in [2.75, 3.05) is 17.8 Å². The number of methoxy groups -OCH3 is 1. The summed E-state index contributed by atoms with van der Waals surface area (Å²) >= 11 is 1.55. The van der Waals surface area contributed by atoms with Gasteiger partial charge in [-0.1, -0.05) is 62.9 Å².